The van der Waals surface area contributed by atoms with E-state index in [-0.39, 0.29) is 6.04 Å². The maximum absolute atomic E-state index is 12.8. The van der Waals surface area contributed by atoms with Crippen LogP contribution in [0.3, 0.4) is 0 Å². The molecule has 0 N–H and O–H groups in total. The lowest BCUT2D eigenvalue weighted by Gasteiger charge is -2.25. The van der Waals surface area contributed by atoms with Gasteiger partial charge in [-0.15, -0.1) is 6.58 Å². The smallest absolute Gasteiger partial charge is 0.207 e. The predicted molar refractivity (Wildman–Crippen MR) is 86.7 cm³/mol. The van der Waals surface area contributed by atoms with Gasteiger partial charge in [-0.2, -0.15) is 4.31 Å². The molecule has 0 aromatic heterocycles. The number of hydrogen-bond acceptors (Lipinski definition) is 2. The van der Waals surface area contributed by atoms with Crippen LogP contribution in [0.4, 0.5) is 0 Å². The summed E-state index contributed by atoms with van der Waals surface area (Å²) in [6, 6.07) is 7.03. The zero-order chi connectivity index (χ0) is 15.5. The first kappa shape index (κ1) is 16.2. The van der Waals surface area contributed by atoms with Crippen molar-refractivity contribution in [1.29, 1.82) is 0 Å². The molecule has 0 amide bonds. The molecule has 116 valence electrons. The fourth-order valence-electron chi connectivity index (χ4n) is 3.07. The lowest BCUT2D eigenvalue weighted by atomic mass is 9.95. The number of aryl methyl sites for hydroxylation is 1. The van der Waals surface area contributed by atoms with E-state index in [1.807, 2.05) is 19.1 Å². The van der Waals surface area contributed by atoms with Crippen molar-refractivity contribution in [2.24, 2.45) is 5.92 Å². The van der Waals surface area contributed by atoms with Gasteiger partial charge in [-0.1, -0.05) is 43.5 Å². The third kappa shape index (κ3) is 3.38. The lowest BCUT2D eigenvalue weighted by Crippen LogP contribution is -2.36. The summed E-state index contributed by atoms with van der Waals surface area (Å²) >= 11 is 0. The SMILES string of the molecule is C=C[C@H]1[C@H](CCCC)CCN1S(=O)(=O)c1ccc(C)cc1. The van der Waals surface area contributed by atoms with Crippen LogP contribution in [0.15, 0.2) is 41.8 Å². The Kier molecular flexibility index (Phi) is 5.22. The van der Waals surface area contributed by atoms with Gasteiger partial charge in [-0.25, -0.2) is 8.42 Å². The van der Waals surface area contributed by atoms with Crippen LogP contribution >= 0.6 is 0 Å². The van der Waals surface area contributed by atoms with Gasteiger partial charge < -0.3 is 0 Å². The van der Waals surface area contributed by atoms with E-state index < -0.39 is 10.0 Å². The standard InChI is InChI=1S/C17H25NO2S/c1-4-6-7-15-12-13-18(17(15)5-2)21(19,20)16-10-8-14(3)9-11-16/h5,8-11,15,17H,2,4,6-7,12-13H2,1,3H3/t15-,17+/m1/s1. The van der Waals surface area contributed by atoms with E-state index in [2.05, 4.69) is 13.5 Å². The molecular weight excluding hydrogens is 282 g/mol. The maximum atomic E-state index is 12.8. The second-order valence-corrected chi connectivity index (χ2v) is 7.74. The van der Waals surface area contributed by atoms with Gasteiger partial charge in [0.25, 0.3) is 0 Å². The van der Waals surface area contributed by atoms with Crippen LogP contribution in [0.5, 0.6) is 0 Å². The first-order chi connectivity index (χ1) is 10.0. The van der Waals surface area contributed by atoms with Gasteiger partial charge in [0.1, 0.15) is 0 Å². The van der Waals surface area contributed by atoms with Crippen LogP contribution in [0, 0.1) is 12.8 Å². The molecule has 0 radical (unpaired) electrons. The maximum Gasteiger partial charge on any atom is 0.243 e. The van der Waals surface area contributed by atoms with Crippen molar-refractivity contribution in [3.05, 3.63) is 42.5 Å². The van der Waals surface area contributed by atoms with Crippen molar-refractivity contribution in [3.63, 3.8) is 0 Å². The lowest BCUT2D eigenvalue weighted by molar-refractivity contribution is 0.372. The third-order valence-electron chi connectivity index (χ3n) is 4.33. The van der Waals surface area contributed by atoms with E-state index in [4.69, 9.17) is 0 Å². The molecule has 1 saturated heterocycles. The summed E-state index contributed by atoms with van der Waals surface area (Å²) in [5.41, 5.74) is 1.07. The van der Waals surface area contributed by atoms with E-state index in [1.54, 1.807) is 22.5 Å². The molecule has 21 heavy (non-hydrogen) atoms. The topological polar surface area (TPSA) is 37.4 Å². The molecule has 1 heterocycles. The summed E-state index contributed by atoms with van der Waals surface area (Å²) in [6.07, 6.45) is 6.10. The minimum atomic E-state index is -3.41. The number of benzene rings is 1. The van der Waals surface area contributed by atoms with Gasteiger partial charge in [0.2, 0.25) is 10.0 Å². The number of unbranched alkanes of at least 4 members (excludes halogenated alkanes) is 1. The Hall–Kier alpha value is -1.13. The average molecular weight is 307 g/mol. The Labute approximate surface area is 128 Å². The minimum Gasteiger partial charge on any atom is -0.207 e. The average Bonchev–Trinajstić information content (AvgIpc) is 2.89. The molecular formula is C17H25NO2S. The molecule has 1 aliphatic rings. The Bertz CT molecular complexity index is 577. The highest BCUT2D eigenvalue weighted by Gasteiger charge is 2.39. The molecule has 1 aromatic rings. The normalized spacial score (nSPS) is 23.3. The molecule has 2 atom stereocenters. The van der Waals surface area contributed by atoms with Crippen molar-refractivity contribution in [2.45, 2.75) is 50.5 Å². The van der Waals surface area contributed by atoms with Gasteiger partial charge in [0, 0.05) is 12.6 Å². The number of rotatable bonds is 6. The van der Waals surface area contributed by atoms with Gasteiger partial charge >= 0.3 is 0 Å². The summed E-state index contributed by atoms with van der Waals surface area (Å²) in [4.78, 5) is 0.385. The number of hydrogen-bond donors (Lipinski definition) is 0. The second kappa shape index (κ2) is 6.75. The Morgan fingerprint density at radius 1 is 1.33 bits per heavy atom. The first-order valence-corrected chi connectivity index (χ1v) is 9.15. The molecule has 1 fully saturated rings. The van der Waals surface area contributed by atoms with Crippen LogP contribution in [0.1, 0.15) is 38.2 Å². The molecule has 3 nitrogen and oxygen atoms in total. The van der Waals surface area contributed by atoms with E-state index in [0.717, 1.165) is 31.2 Å². The molecule has 0 spiro atoms. The van der Waals surface area contributed by atoms with Gasteiger partial charge in [-0.3, -0.25) is 0 Å². The van der Waals surface area contributed by atoms with Gasteiger partial charge in [0.15, 0.2) is 0 Å². The zero-order valence-corrected chi connectivity index (χ0v) is 13.8. The van der Waals surface area contributed by atoms with Crippen LogP contribution < -0.4 is 0 Å². The van der Waals surface area contributed by atoms with Crippen LogP contribution in [0.2, 0.25) is 0 Å². The summed E-state index contributed by atoms with van der Waals surface area (Å²) in [5, 5.41) is 0. The van der Waals surface area contributed by atoms with E-state index >= 15 is 0 Å². The number of sulfonamides is 1. The number of nitrogens with zero attached hydrogens (tertiary/aromatic N) is 1. The van der Waals surface area contributed by atoms with Crippen molar-refractivity contribution >= 4 is 10.0 Å². The molecule has 1 aromatic carbocycles. The van der Waals surface area contributed by atoms with Crippen molar-refractivity contribution < 1.29 is 8.42 Å². The predicted octanol–water partition coefficient (Wildman–Crippen LogP) is 3.75. The van der Waals surface area contributed by atoms with Crippen LogP contribution in [-0.4, -0.2) is 25.3 Å². The van der Waals surface area contributed by atoms with E-state index in [1.165, 1.54) is 0 Å². The van der Waals surface area contributed by atoms with Gasteiger partial charge in [-0.05, 0) is 37.8 Å². The minimum absolute atomic E-state index is 0.0668. The quantitative estimate of drug-likeness (QED) is 0.751. The summed E-state index contributed by atoms with van der Waals surface area (Å²) in [5.74, 6) is 0.405. The Morgan fingerprint density at radius 3 is 2.57 bits per heavy atom. The molecule has 1 aliphatic heterocycles. The Balaban J connectivity index is 2.23. The fraction of sp³-hybridized carbons (Fsp3) is 0.529. The fourth-order valence-corrected chi connectivity index (χ4v) is 4.74. The molecule has 0 bridgehead atoms. The third-order valence-corrected chi connectivity index (χ3v) is 6.24. The van der Waals surface area contributed by atoms with Crippen LogP contribution in [0.25, 0.3) is 0 Å². The summed E-state index contributed by atoms with van der Waals surface area (Å²) < 4.78 is 27.3. The molecule has 2 rings (SSSR count). The highest BCUT2D eigenvalue weighted by Crippen LogP contribution is 2.33. The van der Waals surface area contributed by atoms with Crippen molar-refractivity contribution in [3.8, 4) is 0 Å². The highest BCUT2D eigenvalue weighted by atomic mass is 32.2. The van der Waals surface area contributed by atoms with E-state index in [9.17, 15) is 8.42 Å². The summed E-state index contributed by atoms with van der Waals surface area (Å²) in [7, 11) is -3.41. The van der Waals surface area contributed by atoms with Gasteiger partial charge in [0.05, 0.1) is 4.90 Å². The largest absolute Gasteiger partial charge is 0.243 e. The van der Waals surface area contributed by atoms with E-state index in [0.29, 0.717) is 17.4 Å². The molecule has 4 heteroatoms. The second-order valence-electron chi connectivity index (χ2n) is 5.85. The van der Waals surface area contributed by atoms with Crippen LogP contribution in [-0.2, 0) is 10.0 Å². The Morgan fingerprint density at radius 2 is 2.00 bits per heavy atom. The van der Waals surface area contributed by atoms with Crippen molar-refractivity contribution in [1.82, 2.24) is 4.31 Å². The zero-order valence-electron chi connectivity index (χ0n) is 13.0. The highest BCUT2D eigenvalue weighted by molar-refractivity contribution is 7.89. The molecule has 0 saturated carbocycles. The monoisotopic (exact) mass is 307 g/mol. The molecule has 0 unspecified atom stereocenters. The van der Waals surface area contributed by atoms with Crippen molar-refractivity contribution in [2.75, 3.05) is 6.54 Å². The molecule has 0 aliphatic carbocycles. The first-order valence-electron chi connectivity index (χ1n) is 7.71. The summed E-state index contributed by atoms with van der Waals surface area (Å²) in [6.45, 7) is 8.59.